The van der Waals surface area contributed by atoms with Gasteiger partial charge in [-0.15, -0.1) is 0 Å². The van der Waals surface area contributed by atoms with Crippen molar-refractivity contribution in [3.8, 4) is 5.75 Å². The zero-order valence-corrected chi connectivity index (χ0v) is 12.7. The van der Waals surface area contributed by atoms with Crippen molar-refractivity contribution < 1.29 is 9.53 Å². The van der Waals surface area contributed by atoms with Gasteiger partial charge in [-0.2, -0.15) is 5.10 Å². The van der Waals surface area contributed by atoms with Crippen molar-refractivity contribution in [3.05, 3.63) is 28.2 Å². The Kier molecular flexibility index (Phi) is 4.58. The summed E-state index contributed by atoms with van der Waals surface area (Å²) in [6, 6.07) is 5.72. The number of nitrogens with one attached hydrogen (secondary N) is 1. The van der Waals surface area contributed by atoms with E-state index in [-0.39, 0.29) is 12.5 Å². The third kappa shape index (κ3) is 4.35. The van der Waals surface area contributed by atoms with Crippen LogP contribution in [0.1, 0.15) is 25.3 Å². The highest BCUT2D eigenvalue weighted by molar-refractivity contribution is 9.10. The summed E-state index contributed by atoms with van der Waals surface area (Å²) in [6.07, 6.45) is 2.36. The van der Waals surface area contributed by atoms with Crippen LogP contribution in [0.25, 0.3) is 0 Å². The van der Waals surface area contributed by atoms with Crippen LogP contribution in [0.4, 0.5) is 0 Å². The molecule has 0 atom stereocenters. The number of hydrogen-bond acceptors (Lipinski definition) is 3. The van der Waals surface area contributed by atoms with Gasteiger partial charge in [-0.1, -0.05) is 6.07 Å². The van der Waals surface area contributed by atoms with E-state index in [1.807, 2.05) is 32.0 Å². The fourth-order valence-electron chi connectivity index (χ4n) is 1.64. The standard InChI is InChI=1S/C14H17BrN2O2/c1-9-3-6-13(12(15)7-9)19-8-14(18)17-16-10(2)11-4-5-11/h3,6-7,11H,4-5,8H2,1-2H3,(H,17,18)/b16-10-. The molecule has 0 saturated heterocycles. The molecule has 0 heterocycles. The van der Waals surface area contributed by atoms with Crippen LogP contribution < -0.4 is 10.2 Å². The summed E-state index contributed by atoms with van der Waals surface area (Å²) in [4.78, 5) is 11.6. The predicted octanol–water partition coefficient (Wildman–Crippen LogP) is 3.04. The molecule has 1 aromatic carbocycles. The van der Waals surface area contributed by atoms with Gasteiger partial charge in [0.25, 0.3) is 5.91 Å². The summed E-state index contributed by atoms with van der Waals surface area (Å²) >= 11 is 3.40. The third-order valence-corrected chi connectivity index (χ3v) is 3.59. The second-order valence-electron chi connectivity index (χ2n) is 4.78. The molecule has 2 rings (SSSR count). The van der Waals surface area contributed by atoms with Crippen LogP contribution >= 0.6 is 15.9 Å². The third-order valence-electron chi connectivity index (χ3n) is 2.97. The van der Waals surface area contributed by atoms with Gasteiger partial charge in [0.1, 0.15) is 5.75 Å². The molecule has 0 spiro atoms. The summed E-state index contributed by atoms with van der Waals surface area (Å²) in [7, 11) is 0. The Labute approximate surface area is 121 Å². The SMILES string of the molecule is C/C(=N/NC(=O)COc1ccc(C)cc1Br)C1CC1. The number of hydrazone groups is 1. The van der Waals surface area contributed by atoms with Gasteiger partial charge in [-0.05, 0) is 66.2 Å². The zero-order valence-electron chi connectivity index (χ0n) is 11.1. The molecule has 0 aromatic heterocycles. The molecule has 0 unspecified atom stereocenters. The fraction of sp³-hybridized carbons (Fsp3) is 0.429. The number of halogens is 1. The monoisotopic (exact) mass is 324 g/mol. The normalized spacial score (nSPS) is 15.2. The molecule has 102 valence electrons. The van der Waals surface area contributed by atoms with Crippen LogP contribution in [0.3, 0.4) is 0 Å². The van der Waals surface area contributed by atoms with Crippen molar-refractivity contribution in [1.29, 1.82) is 0 Å². The first kappa shape index (κ1) is 14.1. The Morgan fingerprint density at radius 1 is 1.53 bits per heavy atom. The van der Waals surface area contributed by atoms with Crippen molar-refractivity contribution in [2.75, 3.05) is 6.61 Å². The summed E-state index contributed by atoms with van der Waals surface area (Å²) in [5, 5.41) is 4.06. The maximum absolute atomic E-state index is 11.6. The molecule has 0 bridgehead atoms. The van der Waals surface area contributed by atoms with Gasteiger partial charge in [-0.25, -0.2) is 5.43 Å². The maximum Gasteiger partial charge on any atom is 0.277 e. The highest BCUT2D eigenvalue weighted by Crippen LogP contribution is 2.30. The Morgan fingerprint density at radius 2 is 2.26 bits per heavy atom. The van der Waals surface area contributed by atoms with Crippen molar-refractivity contribution in [2.24, 2.45) is 11.0 Å². The van der Waals surface area contributed by atoms with Gasteiger partial charge in [0.2, 0.25) is 0 Å². The molecule has 1 aliphatic carbocycles. The van der Waals surface area contributed by atoms with Crippen molar-refractivity contribution in [1.82, 2.24) is 5.43 Å². The van der Waals surface area contributed by atoms with Crippen LogP contribution in [0, 0.1) is 12.8 Å². The van der Waals surface area contributed by atoms with Crippen molar-refractivity contribution in [2.45, 2.75) is 26.7 Å². The average Bonchev–Trinajstić information content (AvgIpc) is 3.19. The van der Waals surface area contributed by atoms with E-state index in [9.17, 15) is 4.79 Å². The molecule has 4 nitrogen and oxygen atoms in total. The molecule has 0 aliphatic heterocycles. The Bertz CT molecular complexity index is 510. The minimum absolute atomic E-state index is 0.0386. The summed E-state index contributed by atoms with van der Waals surface area (Å²) < 4.78 is 6.28. The van der Waals surface area contributed by atoms with Crippen LogP contribution in [0.15, 0.2) is 27.8 Å². The fourth-order valence-corrected chi connectivity index (χ4v) is 2.25. The molecule has 1 saturated carbocycles. The van der Waals surface area contributed by atoms with Crippen molar-refractivity contribution >= 4 is 27.5 Å². The number of amides is 1. The molecule has 1 aliphatic rings. The second kappa shape index (κ2) is 6.19. The largest absolute Gasteiger partial charge is 0.483 e. The molecule has 19 heavy (non-hydrogen) atoms. The van der Waals surface area contributed by atoms with E-state index in [0.717, 1.165) is 15.7 Å². The first-order chi connectivity index (χ1) is 9.06. The highest BCUT2D eigenvalue weighted by Gasteiger charge is 2.24. The van der Waals surface area contributed by atoms with Crippen LogP contribution in [-0.4, -0.2) is 18.2 Å². The molecule has 0 radical (unpaired) electrons. The maximum atomic E-state index is 11.6. The van der Waals surface area contributed by atoms with Gasteiger partial charge >= 0.3 is 0 Å². The minimum atomic E-state index is -0.243. The lowest BCUT2D eigenvalue weighted by molar-refractivity contribution is -0.123. The van der Waals surface area contributed by atoms with E-state index in [1.54, 1.807) is 0 Å². The van der Waals surface area contributed by atoms with Crippen LogP contribution in [0.5, 0.6) is 5.75 Å². The zero-order chi connectivity index (χ0) is 13.8. The number of ether oxygens (including phenoxy) is 1. The van der Waals surface area contributed by atoms with E-state index < -0.39 is 0 Å². The second-order valence-corrected chi connectivity index (χ2v) is 5.64. The molecule has 1 amide bonds. The lowest BCUT2D eigenvalue weighted by atomic mass is 10.2. The number of rotatable bonds is 5. The van der Waals surface area contributed by atoms with Gasteiger partial charge < -0.3 is 4.74 Å². The number of hydrogen-bond donors (Lipinski definition) is 1. The smallest absolute Gasteiger partial charge is 0.277 e. The lowest BCUT2D eigenvalue weighted by Gasteiger charge is -2.08. The molecule has 1 fully saturated rings. The molecular formula is C14H17BrN2O2. The molecule has 1 aromatic rings. The van der Waals surface area contributed by atoms with Crippen LogP contribution in [-0.2, 0) is 4.79 Å². The molecule has 1 N–H and O–H groups in total. The van der Waals surface area contributed by atoms with E-state index in [2.05, 4.69) is 26.5 Å². The van der Waals surface area contributed by atoms with Gasteiger partial charge in [0, 0.05) is 5.71 Å². The van der Waals surface area contributed by atoms with Crippen LogP contribution in [0.2, 0.25) is 0 Å². The number of carbonyl (C=O) groups is 1. The first-order valence-corrected chi connectivity index (χ1v) is 7.07. The molecular weight excluding hydrogens is 308 g/mol. The Morgan fingerprint density at radius 3 is 2.89 bits per heavy atom. The Balaban J connectivity index is 1.81. The van der Waals surface area contributed by atoms with E-state index >= 15 is 0 Å². The van der Waals surface area contributed by atoms with E-state index in [4.69, 9.17) is 4.74 Å². The van der Waals surface area contributed by atoms with Gasteiger partial charge in [0.05, 0.1) is 4.47 Å². The summed E-state index contributed by atoms with van der Waals surface area (Å²) in [5.41, 5.74) is 4.64. The van der Waals surface area contributed by atoms with E-state index in [1.165, 1.54) is 12.8 Å². The number of benzene rings is 1. The summed E-state index contributed by atoms with van der Waals surface area (Å²) in [5.74, 6) is 0.976. The lowest BCUT2D eigenvalue weighted by Crippen LogP contribution is -2.25. The topological polar surface area (TPSA) is 50.7 Å². The number of nitrogens with zero attached hydrogens (tertiary/aromatic N) is 1. The number of carbonyl (C=O) groups excluding carboxylic acids is 1. The van der Waals surface area contributed by atoms with Crippen molar-refractivity contribution in [3.63, 3.8) is 0 Å². The number of aryl methyl sites for hydroxylation is 1. The predicted molar refractivity (Wildman–Crippen MR) is 78.3 cm³/mol. The van der Waals surface area contributed by atoms with Gasteiger partial charge in [0.15, 0.2) is 6.61 Å². The summed E-state index contributed by atoms with van der Waals surface area (Å²) in [6.45, 7) is 3.90. The van der Waals surface area contributed by atoms with Gasteiger partial charge in [-0.3, -0.25) is 4.79 Å². The minimum Gasteiger partial charge on any atom is -0.483 e. The quantitative estimate of drug-likeness (QED) is 0.668. The van der Waals surface area contributed by atoms with E-state index in [0.29, 0.717) is 11.7 Å². The highest BCUT2D eigenvalue weighted by atomic mass is 79.9. The first-order valence-electron chi connectivity index (χ1n) is 6.28. The average molecular weight is 325 g/mol. The Hall–Kier alpha value is -1.36. The molecule has 5 heteroatoms.